The van der Waals surface area contributed by atoms with E-state index in [4.69, 9.17) is 4.74 Å². The van der Waals surface area contributed by atoms with Crippen molar-refractivity contribution < 1.29 is 13.2 Å². The Balaban J connectivity index is 1.33. The minimum atomic E-state index is -3.76. The number of fused-ring (bicyclic) bond motifs is 2. The van der Waals surface area contributed by atoms with Crippen molar-refractivity contribution in [1.82, 2.24) is 14.3 Å². The van der Waals surface area contributed by atoms with Crippen LogP contribution in [0.25, 0.3) is 21.8 Å². The van der Waals surface area contributed by atoms with Gasteiger partial charge in [-0.3, -0.25) is 9.97 Å². The number of aryl methyl sites for hydroxylation is 2. The number of thioether (sulfide) groups is 2. The number of anilines is 2. The first-order valence-electron chi connectivity index (χ1n) is 14.7. The van der Waals surface area contributed by atoms with Crippen LogP contribution >= 0.6 is 23.5 Å². The zero-order valence-electron chi connectivity index (χ0n) is 26.3. The smallest absolute Gasteiger partial charge is 0.243 e. The minimum absolute atomic E-state index is 0.242. The molecule has 236 valence electrons. The molecule has 0 fully saturated rings. The molecule has 2 N–H and O–H groups in total. The molecule has 2 aromatic heterocycles. The molecule has 5 aromatic rings. The second-order valence-corrected chi connectivity index (χ2v) is 14.4. The molecule has 3 aromatic carbocycles. The maximum absolute atomic E-state index is 13.9. The molecule has 0 aliphatic rings. The summed E-state index contributed by atoms with van der Waals surface area (Å²) in [5.41, 5.74) is 5.63. The van der Waals surface area contributed by atoms with Crippen LogP contribution in [0.15, 0.2) is 87.5 Å². The highest BCUT2D eigenvalue weighted by Gasteiger charge is 2.24. The van der Waals surface area contributed by atoms with Gasteiger partial charge in [0.15, 0.2) is 0 Å². The Labute approximate surface area is 274 Å². The Hall–Kier alpha value is -3.51. The van der Waals surface area contributed by atoms with Crippen molar-refractivity contribution in [3.63, 3.8) is 0 Å². The fourth-order valence-corrected chi connectivity index (χ4v) is 7.62. The number of nitrogens with one attached hydrogen (secondary N) is 2. The van der Waals surface area contributed by atoms with Crippen LogP contribution < -0.4 is 15.4 Å². The van der Waals surface area contributed by atoms with E-state index in [9.17, 15) is 8.42 Å². The average molecular weight is 662 g/mol. The molecule has 0 saturated carbocycles. The van der Waals surface area contributed by atoms with E-state index in [0.717, 1.165) is 49.5 Å². The first kappa shape index (κ1) is 32.9. The van der Waals surface area contributed by atoms with Crippen molar-refractivity contribution in [3.05, 3.63) is 84.2 Å². The molecule has 5 rings (SSSR count). The van der Waals surface area contributed by atoms with Gasteiger partial charge in [-0.25, -0.2) is 8.42 Å². The summed E-state index contributed by atoms with van der Waals surface area (Å²) >= 11 is 3.37. The van der Waals surface area contributed by atoms with Crippen molar-refractivity contribution in [2.75, 3.05) is 56.4 Å². The Morgan fingerprint density at radius 1 is 0.733 bits per heavy atom. The van der Waals surface area contributed by atoms with Crippen molar-refractivity contribution >= 4 is 66.7 Å². The largest absolute Gasteiger partial charge is 0.497 e. The van der Waals surface area contributed by atoms with Gasteiger partial charge in [-0.2, -0.15) is 4.31 Å². The van der Waals surface area contributed by atoms with E-state index < -0.39 is 10.0 Å². The Bertz CT molecular complexity index is 1900. The van der Waals surface area contributed by atoms with Gasteiger partial charge in [0, 0.05) is 69.5 Å². The number of methoxy groups -OCH3 is 1. The van der Waals surface area contributed by atoms with E-state index >= 15 is 0 Å². The fourth-order valence-electron chi connectivity index (χ4n) is 5.26. The molecule has 0 bridgehead atoms. The molecule has 0 radical (unpaired) electrons. The van der Waals surface area contributed by atoms with E-state index in [1.807, 2.05) is 44.4 Å². The van der Waals surface area contributed by atoms with Crippen LogP contribution in [0.1, 0.15) is 17.8 Å². The van der Waals surface area contributed by atoms with E-state index in [1.54, 1.807) is 59.2 Å². The molecule has 0 unspecified atom stereocenters. The molecular formula is C34H39N5O3S3. The summed E-state index contributed by atoms with van der Waals surface area (Å²) in [6, 6.07) is 23.1. The molecule has 45 heavy (non-hydrogen) atoms. The monoisotopic (exact) mass is 661 g/mol. The van der Waals surface area contributed by atoms with Crippen molar-refractivity contribution in [2.45, 2.75) is 35.0 Å². The van der Waals surface area contributed by atoms with Crippen LogP contribution in [0.5, 0.6) is 5.75 Å². The highest BCUT2D eigenvalue weighted by atomic mass is 32.2. The van der Waals surface area contributed by atoms with Gasteiger partial charge in [-0.15, -0.1) is 23.5 Å². The maximum Gasteiger partial charge on any atom is 0.243 e. The summed E-state index contributed by atoms with van der Waals surface area (Å²) < 4.78 is 34.6. The second-order valence-electron chi connectivity index (χ2n) is 10.7. The number of aromatic nitrogens is 2. The van der Waals surface area contributed by atoms with E-state index in [1.165, 1.54) is 4.90 Å². The van der Waals surface area contributed by atoms with Crippen LogP contribution in [0.4, 0.5) is 11.4 Å². The quantitative estimate of drug-likeness (QED) is 0.0929. The highest BCUT2D eigenvalue weighted by molar-refractivity contribution is 7.98. The third-order valence-electron chi connectivity index (χ3n) is 7.56. The minimum Gasteiger partial charge on any atom is -0.497 e. The number of pyridine rings is 2. The lowest BCUT2D eigenvalue weighted by Crippen LogP contribution is -2.36. The van der Waals surface area contributed by atoms with E-state index in [0.29, 0.717) is 38.3 Å². The molecule has 2 heterocycles. The average Bonchev–Trinajstić information content (AvgIpc) is 3.05. The third-order valence-corrected chi connectivity index (χ3v) is 10.9. The van der Waals surface area contributed by atoms with Crippen LogP contribution in [0, 0.1) is 13.8 Å². The fraction of sp³-hybridized carbons (Fsp3) is 0.294. The Morgan fingerprint density at radius 2 is 1.27 bits per heavy atom. The standard InChI is InChI=1S/C34H39N5O3S3/c1-23-19-33(29-21-26(43-4)9-13-31(29)37-23)35-15-6-17-39(45(40,41)28-11-7-25(42-3)8-12-28)18-16-36-34-20-24(2)38-32-14-10-27(44-5)22-30(32)34/h7-14,19-22H,6,15-18H2,1-5H3,(H,35,37)(H,36,38). The summed E-state index contributed by atoms with van der Waals surface area (Å²) in [5, 5.41) is 9.13. The van der Waals surface area contributed by atoms with Crippen LogP contribution in [0.3, 0.4) is 0 Å². The van der Waals surface area contributed by atoms with Gasteiger partial charge >= 0.3 is 0 Å². The van der Waals surface area contributed by atoms with Gasteiger partial charge in [-0.1, -0.05) is 0 Å². The summed E-state index contributed by atoms with van der Waals surface area (Å²) in [4.78, 5) is 11.9. The van der Waals surface area contributed by atoms with Gasteiger partial charge in [0.25, 0.3) is 0 Å². The number of ether oxygens (including phenoxy) is 1. The predicted molar refractivity (Wildman–Crippen MR) is 190 cm³/mol. The van der Waals surface area contributed by atoms with Crippen molar-refractivity contribution in [3.8, 4) is 5.75 Å². The normalized spacial score (nSPS) is 11.8. The number of hydrogen-bond acceptors (Lipinski definition) is 9. The summed E-state index contributed by atoms with van der Waals surface area (Å²) in [6.07, 6.45) is 4.73. The summed E-state index contributed by atoms with van der Waals surface area (Å²) in [7, 11) is -2.19. The van der Waals surface area contributed by atoms with E-state index in [-0.39, 0.29) is 4.90 Å². The molecular weight excluding hydrogens is 623 g/mol. The summed E-state index contributed by atoms with van der Waals surface area (Å²) in [5.74, 6) is 0.611. The summed E-state index contributed by atoms with van der Waals surface area (Å²) in [6.45, 7) is 5.66. The lowest BCUT2D eigenvalue weighted by atomic mass is 10.1. The topological polar surface area (TPSA) is 96.5 Å². The second kappa shape index (κ2) is 14.7. The lowest BCUT2D eigenvalue weighted by Gasteiger charge is -2.23. The highest BCUT2D eigenvalue weighted by Crippen LogP contribution is 2.29. The molecule has 0 atom stereocenters. The number of hydrogen-bond donors (Lipinski definition) is 2. The number of nitrogens with zero attached hydrogens (tertiary/aromatic N) is 3. The van der Waals surface area contributed by atoms with Crippen molar-refractivity contribution in [1.29, 1.82) is 0 Å². The van der Waals surface area contributed by atoms with Crippen LogP contribution in [-0.2, 0) is 10.0 Å². The Morgan fingerprint density at radius 3 is 1.78 bits per heavy atom. The zero-order chi connectivity index (χ0) is 32.0. The van der Waals surface area contributed by atoms with Gasteiger partial charge < -0.3 is 15.4 Å². The molecule has 11 heteroatoms. The number of benzene rings is 3. The lowest BCUT2D eigenvalue weighted by molar-refractivity contribution is 0.412. The molecule has 0 aliphatic heterocycles. The third kappa shape index (κ3) is 7.84. The number of rotatable bonds is 14. The van der Waals surface area contributed by atoms with Gasteiger partial charge in [-0.05, 0) is 106 Å². The predicted octanol–water partition coefficient (Wildman–Crippen LogP) is 7.46. The zero-order valence-corrected chi connectivity index (χ0v) is 28.7. The maximum atomic E-state index is 13.9. The van der Waals surface area contributed by atoms with Crippen molar-refractivity contribution in [2.24, 2.45) is 0 Å². The number of sulfonamides is 1. The van der Waals surface area contributed by atoms with E-state index in [2.05, 4.69) is 51.1 Å². The first-order chi connectivity index (χ1) is 21.7. The first-order valence-corrected chi connectivity index (χ1v) is 18.6. The van der Waals surface area contributed by atoms with Gasteiger partial charge in [0.2, 0.25) is 10.0 Å². The SMILES string of the molecule is COc1ccc(S(=O)(=O)N(CCCNc2cc(C)nc3ccc(SC)cc23)CCNc2cc(C)nc3ccc(SC)cc23)cc1. The molecule has 0 saturated heterocycles. The Kier molecular flexibility index (Phi) is 10.8. The van der Waals surface area contributed by atoms with Crippen LogP contribution in [0.2, 0.25) is 0 Å². The van der Waals surface area contributed by atoms with Gasteiger partial charge in [0.05, 0.1) is 23.0 Å². The van der Waals surface area contributed by atoms with Crippen LogP contribution in [-0.4, -0.2) is 68.5 Å². The molecule has 0 aliphatic carbocycles. The van der Waals surface area contributed by atoms with Gasteiger partial charge in [0.1, 0.15) is 5.75 Å². The molecule has 8 nitrogen and oxygen atoms in total. The molecule has 0 amide bonds. The molecule has 0 spiro atoms.